The van der Waals surface area contributed by atoms with Gasteiger partial charge in [0.15, 0.2) is 9.84 Å². The zero-order valence-corrected chi connectivity index (χ0v) is 13.2. The SMILES string of the molecule is N[C@@H](CSCCS(=O)(=O)c1ccc(Br)cc1)C(=O)O. The van der Waals surface area contributed by atoms with Gasteiger partial charge in [0.05, 0.1) is 10.6 Å². The van der Waals surface area contributed by atoms with Gasteiger partial charge in [0, 0.05) is 16.0 Å². The van der Waals surface area contributed by atoms with E-state index in [-0.39, 0.29) is 16.4 Å². The summed E-state index contributed by atoms with van der Waals surface area (Å²) in [5, 5.41) is 8.58. The number of sulfone groups is 1. The summed E-state index contributed by atoms with van der Waals surface area (Å²) in [5.74, 6) is -0.598. The Kier molecular flexibility index (Phi) is 6.31. The molecule has 0 aliphatic rings. The second-order valence-electron chi connectivity index (χ2n) is 3.79. The zero-order valence-electron chi connectivity index (χ0n) is 9.95. The Morgan fingerprint density at radius 1 is 1.37 bits per heavy atom. The highest BCUT2D eigenvalue weighted by molar-refractivity contribution is 9.10. The molecule has 0 aliphatic carbocycles. The molecule has 1 atom stereocenters. The number of halogens is 1. The van der Waals surface area contributed by atoms with Crippen LogP contribution in [0.25, 0.3) is 0 Å². The lowest BCUT2D eigenvalue weighted by Gasteiger charge is -2.07. The molecule has 1 aromatic carbocycles. The fraction of sp³-hybridized carbons (Fsp3) is 0.364. The lowest BCUT2D eigenvalue weighted by Crippen LogP contribution is -2.32. The number of carboxylic acids is 1. The van der Waals surface area contributed by atoms with Gasteiger partial charge in [-0.15, -0.1) is 0 Å². The van der Waals surface area contributed by atoms with Crippen molar-refractivity contribution in [3.8, 4) is 0 Å². The summed E-state index contributed by atoms with van der Waals surface area (Å²) in [6.07, 6.45) is 0. The molecule has 8 heteroatoms. The minimum Gasteiger partial charge on any atom is -0.480 e. The average Bonchev–Trinajstić information content (AvgIpc) is 2.34. The molecule has 0 amide bonds. The predicted molar refractivity (Wildman–Crippen MR) is 79.1 cm³/mol. The monoisotopic (exact) mass is 367 g/mol. The van der Waals surface area contributed by atoms with Crippen LogP contribution >= 0.6 is 27.7 Å². The molecule has 0 aliphatic heterocycles. The van der Waals surface area contributed by atoms with Crippen LogP contribution in [0.4, 0.5) is 0 Å². The van der Waals surface area contributed by atoms with E-state index in [0.717, 1.165) is 4.47 Å². The van der Waals surface area contributed by atoms with Crippen LogP contribution in [0, 0.1) is 0 Å². The van der Waals surface area contributed by atoms with Crippen molar-refractivity contribution in [2.75, 3.05) is 17.3 Å². The molecule has 0 unspecified atom stereocenters. The molecule has 0 bridgehead atoms. The van der Waals surface area contributed by atoms with Crippen molar-refractivity contribution < 1.29 is 18.3 Å². The average molecular weight is 368 g/mol. The Morgan fingerprint density at radius 2 is 1.95 bits per heavy atom. The maximum Gasteiger partial charge on any atom is 0.321 e. The third-order valence-corrected chi connectivity index (χ3v) is 5.89. The van der Waals surface area contributed by atoms with Gasteiger partial charge in [-0.05, 0) is 24.3 Å². The van der Waals surface area contributed by atoms with Crippen LogP contribution < -0.4 is 5.73 Å². The molecule has 106 valence electrons. The second-order valence-corrected chi connectivity index (χ2v) is 7.97. The number of carbonyl (C=O) groups is 1. The fourth-order valence-electron chi connectivity index (χ4n) is 1.21. The van der Waals surface area contributed by atoms with Crippen molar-refractivity contribution in [3.05, 3.63) is 28.7 Å². The van der Waals surface area contributed by atoms with Crippen molar-refractivity contribution in [1.29, 1.82) is 0 Å². The van der Waals surface area contributed by atoms with Gasteiger partial charge in [-0.1, -0.05) is 15.9 Å². The van der Waals surface area contributed by atoms with E-state index in [1.807, 2.05) is 0 Å². The molecule has 1 aromatic rings. The molecule has 0 heterocycles. The molecular weight excluding hydrogens is 354 g/mol. The summed E-state index contributed by atoms with van der Waals surface area (Å²) in [6.45, 7) is 0. The van der Waals surface area contributed by atoms with Crippen LogP contribution in [0.5, 0.6) is 0 Å². The van der Waals surface area contributed by atoms with E-state index in [1.54, 1.807) is 12.1 Å². The summed E-state index contributed by atoms with van der Waals surface area (Å²) in [6, 6.07) is 5.45. The van der Waals surface area contributed by atoms with E-state index < -0.39 is 21.8 Å². The van der Waals surface area contributed by atoms with E-state index in [1.165, 1.54) is 23.9 Å². The van der Waals surface area contributed by atoms with Crippen molar-refractivity contribution in [3.63, 3.8) is 0 Å². The maximum atomic E-state index is 11.9. The molecule has 3 N–H and O–H groups in total. The van der Waals surface area contributed by atoms with Crippen LogP contribution in [0.15, 0.2) is 33.6 Å². The molecule has 0 spiro atoms. The topological polar surface area (TPSA) is 97.5 Å². The summed E-state index contributed by atoms with van der Waals surface area (Å²) >= 11 is 4.46. The van der Waals surface area contributed by atoms with Crippen LogP contribution in [0.3, 0.4) is 0 Å². The molecule has 1 rings (SSSR count). The van der Waals surface area contributed by atoms with E-state index >= 15 is 0 Å². The minimum absolute atomic E-state index is 0.0361. The van der Waals surface area contributed by atoms with Gasteiger partial charge in [-0.2, -0.15) is 11.8 Å². The van der Waals surface area contributed by atoms with E-state index in [2.05, 4.69) is 15.9 Å². The summed E-state index contributed by atoms with van der Waals surface area (Å²) < 4.78 is 24.7. The molecular formula is C11H14BrNO4S2. The zero-order chi connectivity index (χ0) is 14.5. The number of carboxylic acid groups (broad SMARTS) is 1. The van der Waals surface area contributed by atoms with Gasteiger partial charge >= 0.3 is 5.97 Å². The molecule has 19 heavy (non-hydrogen) atoms. The lowest BCUT2D eigenvalue weighted by atomic mass is 10.4. The molecule has 0 radical (unpaired) electrons. The van der Waals surface area contributed by atoms with Gasteiger partial charge in [-0.25, -0.2) is 8.42 Å². The molecule has 5 nitrogen and oxygen atoms in total. The lowest BCUT2D eigenvalue weighted by molar-refractivity contribution is -0.137. The Bertz CT molecular complexity index is 530. The number of benzene rings is 1. The first-order valence-corrected chi connectivity index (χ1v) is 8.97. The highest BCUT2D eigenvalue weighted by Gasteiger charge is 2.15. The van der Waals surface area contributed by atoms with Crippen molar-refractivity contribution in [1.82, 2.24) is 0 Å². The Labute approximate surface area is 124 Å². The third-order valence-electron chi connectivity index (χ3n) is 2.28. The molecule has 0 aromatic heterocycles. The van der Waals surface area contributed by atoms with E-state index in [0.29, 0.717) is 5.75 Å². The molecule has 0 saturated carbocycles. The fourth-order valence-corrected chi connectivity index (χ4v) is 4.17. The van der Waals surface area contributed by atoms with Crippen LogP contribution in [-0.2, 0) is 14.6 Å². The second kappa shape index (κ2) is 7.28. The van der Waals surface area contributed by atoms with Crippen molar-refractivity contribution in [2.45, 2.75) is 10.9 Å². The van der Waals surface area contributed by atoms with Gasteiger partial charge in [0.1, 0.15) is 6.04 Å². The van der Waals surface area contributed by atoms with Crippen molar-refractivity contribution in [2.24, 2.45) is 5.73 Å². The highest BCUT2D eigenvalue weighted by atomic mass is 79.9. The van der Waals surface area contributed by atoms with Gasteiger partial charge in [-0.3, -0.25) is 4.79 Å². The number of hydrogen-bond donors (Lipinski definition) is 2. The van der Waals surface area contributed by atoms with E-state index in [9.17, 15) is 13.2 Å². The first-order chi connectivity index (χ1) is 8.83. The Morgan fingerprint density at radius 3 is 2.47 bits per heavy atom. The first kappa shape index (κ1) is 16.5. The summed E-state index contributed by atoms with van der Waals surface area (Å²) in [5.41, 5.74) is 5.32. The smallest absolute Gasteiger partial charge is 0.321 e. The predicted octanol–water partition coefficient (Wildman–Crippen LogP) is 1.37. The quantitative estimate of drug-likeness (QED) is 0.706. The van der Waals surface area contributed by atoms with Crippen molar-refractivity contribution >= 4 is 43.5 Å². The minimum atomic E-state index is -3.33. The number of aliphatic carboxylic acids is 1. The van der Waals surface area contributed by atoms with Gasteiger partial charge in [0.2, 0.25) is 0 Å². The van der Waals surface area contributed by atoms with Crippen LogP contribution in [0.2, 0.25) is 0 Å². The van der Waals surface area contributed by atoms with Crippen LogP contribution in [0.1, 0.15) is 0 Å². The molecule has 0 saturated heterocycles. The van der Waals surface area contributed by atoms with Crippen LogP contribution in [-0.4, -0.2) is 42.8 Å². The van der Waals surface area contributed by atoms with Gasteiger partial charge in [0.25, 0.3) is 0 Å². The number of nitrogens with two attached hydrogens (primary N) is 1. The standard InChI is InChI=1S/C11H14BrNO4S2/c12-8-1-3-9(4-2-8)19(16,17)6-5-18-7-10(13)11(14)15/h1-4,10H,5-7,13H2,(H,14,15)/t10-/m0/s1. The van der Waals surface area contributed by atoms with Gasteiger partial charge < -0.3 is 10.8 Å². The first-order valence-electron chi connectivity index (χ1n) is 5.37. The Hall–Kier alpha value is -0.570. The number of rotatable bonds is 7. The summed E-state index contributed by atoms with van der Waals surface area (Å²) in [4.78, 5) is 10.7. The number of hydrogen-bond acceptors (Lipinski definition) is 5. The number of thioether (sulfide) groups is 1. The largest absolute Gasteiger partial charge is 0.480 e. The Balaban J connectivity index is 2.48. The van der Waals surface area contributed by atoms with E-state index in [4.69, 9.17) is 10.8 Å². The third kappa shape index (κ3) is 5.52. The highest BCUT2D eigenvalue weighted by Crippen LogP contribution is 2.17. The normalized spacial score (nSPS) is 13.2. The molecule has 0 fully saturated rings. The maximum absolute atomic E-state index is 11.9. The summed E-state index contributed by atoms with van der Waals surface area (Å²) in [7, 11) is -3.33.